The summed E-state index contributed by atoms with van der Waals surface area (Å²) in [5.41, 5.74) is 2.37. The van der Waals surface area contributed by atoms with Gasteiger partial charge in [0.15, 0.2) is 4.77 Å². The van der Waals surface area contributed by atoms with Gasteiger partial charge in [0.05, 0.1) is 21.7 Å². The van der Waals surface area contributed by atoms with Crippen molar-refractivity contribution in [2.45, 2.75) is 0 Å². The van der Waals surface area contributed by atoms with Crippen LogP contribution in [0.15, 0.2) is 29.0 Å². The first-order valence-corrected chi connectivity index (χ1v) is 6.52. The molecule has 0 spiro atoms. The van der Waals surface area contributed by atoms with Crippen LogP contribution in [0.2, 0.25) is 5.02 Å². The lowest BCUT2D eigenvalue weighted by molar-refractivity contribution is 0.630. The van der Waals surface area contributed by atoms with E-state index in [0.29, 0.717) is 10.3 Å². The molecule has 0 saturated carbocycles. The summed E-state index contributed by atoms with van der Waals surface area (Å²) in [6, 6.07) is 4.89. The van der Waals surface area contributed by atoms with Gasteiger partial charge >= 0.3 is 0 Å². The normalized spacial score (nSPS) is 11.2. The molecule has 6 heteroatoms. The minimum atomic E-state index is -0.451. The van der Waals surface area contributed by atoms with Crippen LogP contribution in [-0.4, -0.2) is 9.55 Å². The molecule has 1 aromatic carbocycles. The van der Waals surface area contributed by atoms with Gasteiger partial charge in [0.2, 0.25) is 0 Å². The Kier molecular flexibility index (Phi) is 2.54. The highest BCUT2D eigenvalue weighted by Crippen LogP contribution is 2.26. The van der Waals surface area contributed by atoms with E-state index in [9.17, 15) is 4.39 Å². The predicted molar refractivity (Wildman–Crippen MR) is 71.3 cm³/mol. The maximum atomic E-state index is 13.3. The molecule has 86 valence electrons. The average molecular weight is 285 g/mol. The molecular weight excluding hydrogens is 279 g/mol. The van der Waals surface area contributed by atoms with Gasteiger partial charge in [-0.3, -0.25) is 4.57 Å². The molecule has 2 aromatic heterocycles. The van der Waals surface area contributed by atoms with Crippen molar-refractivity contribution in [3.05, 3.63) is 44.6 Å². The summed E-state index contributed by atoms with van der Waals surface area (Å²) in [6.45, 7) is 0. The number of fused-ring (bicyclic) bond motifs is 1. The Bertz CT molecular complexity index is 743. The number of nitrogens with one attached hydrogen (secondary N) is 1. The van der Waals surface area contributed by atoms with E-state index in [1.54, 1.807) is 17.4 Å². The number of nitrogens with zero attached hydrogens (tertiary/aromatic N) is 1. The Morgan fingerprint density at radius 1 is 1.41 bits per heavy atom. The summed E-state index contributed by atoms with van der Waals surface area (Å²) >= 11 is 12.6. The quantitative estimate of drug-likeness (QED) is 0.651. The molecule has 0 atom stereocenters. The fraction of sp³-hybridized carbons (Fsp3) is 0. The molecule has 3 aromatic rings. The Balaban J connectivity index is 2.43. The second kappa shape index (κ2) is 3.94. The van der Waals surface area contributed by atoms with Gasteiger partial charge < -0.3 is 4.98 Å². The SMILES string of the molecule is Fc1cc2[nH]c(=S)n(-c3ccsc3)c2cc1Cl. The number of halogens is 2. The molecule has 0 aliphatic heterocycles. The van der Waals surface area contributed by atoms with Gasteiger partial charge in [-0.1, -0.05) is 11.6 Å². The van der Waals surface area contributed by atoms with Crippen LogP contribution in [0, 0.1) is 10.6 Å². The third-order valence-corrected chi connectivity index (χ3v) is 3.73. The second-order valence-corrected chi connectivity index (χ2v) is 5.10. The van der Waals surface area contributed by atoms with Crippen LogP contribution in [0.5, 0.6) is 0 Å². The number of hydrogen-bond acceptors (Lipinski definition) is 2. The summed E-state index contributed by atoms with van der Waals surface area (Å²) in [5.74, 6) is -0.451. The largest absolute Gasteiger partial charge is 0.330 e. The number of thiophene rings is 1. The van der Waals surface area contributed by atoms with Crippen molar-refractivity contribution in [1.82, 2.24) is 9.55 Å². The third-order valence-electron chi connectivity index (χ3n) is 2.49. The van der Waals surface area contributed by atoms with Gasteiger partial charge in [0, 0.05) is 11.4 Å². The van der Waals surface area contributed by atoms with E-state index in [1.807, 2.05) is 21.4 Å². The van der Waals surface area contributed by atoms with Gasteiger partial charge in [-0.05, 0) is 29.7 Å². The van der Waals surface area contributed by atoms with Crippen LogP contribution >= 0.6 is 35.2 Å². The van der Waals surface area contributed by atoms with Gasteiger partial charge in [0.1, 0.15) is 5.82 Å². The summed E-state index contributed by atoms with van der Waals surface area (Å²) < 4.78 is 15.7. The average Bonchev–Trinajstić information content (AvgIpc) is 2.86. The third kappa shape index (κ3) is 1.71. The molecule has 3 rings (SSSR count). The van der Waals surface area contributed by atoms with Crippen LogP contribution in [0.1, 0.15) is 0 Å². The molecule has 0 aliphatic rings. The molecule has 2 heterocycles. The van der Waals surface area contributed by atoms with Crippen molar-refractivity contribution < 1.29 is 4.39 Å². The second-order valence-electron chi connectivity index (χ2n) is 3.53. The maximum absolute atomic E-state index is 13.3. The first-order chi connectivity index (χ1) is 8.16. The molecule has 2 nitrogen and oxygen atoms in total. The molecule has 0 fully saturated rings. The highest BCUT2D eigenvalue weighted by Gasteiger charge is 2.10. The summed E-state index contributed by atoms with van der Waals surface area (Å²) in [7, 11) is 0. The van der Waals surface area contributed by atoms with Crippen molar-refractivity contribution >= 4 is 46.2 Å². The molecule has 0 saturated heterocycles. The fourth-order valence-corrected chi connectivity index (χ4v) is 2.83. The Morgan fingerprint density at radius 2 is 2.24 bits per heavy atom. The summed E-state index contributed by atoms with van der Waals surface area (Å²) in [4.78, 5) is 2.97. The van der Waals surface area contributed by atoms with Gasteiger partial charge in [0.25, 0.3) is 0 Å². The molecular formula is C11H6ClFN2S2. The number of benzene rings is 1. The number of H-pyrrole nitrogens is 1. The Morgan fingerprint density at radius 3 is 2.94 bits per heavy atom. The monoisotopic (exact) mass is 284 g/mol. The van der Waals surface area contributed by atoms with Crippen LogP contribution in [-0.2, 0) is 0 Å². The number of imidazole rings is 1. The zero-order chi connectivity index (χ0) is 12.0. The van der Waals surface area contributed by atoms with Crippen molar-refractivity contribution in [1.29, 1.82) is 0 Å². The predicted octanol–water partition coefficient (Wildman–Crippen LogP) is 4.54. The van der Waals surface area contributed by atoms with E-state index < -0.39 is 5.82 Å². The minimum absolute atomic E-state index is 0.0930. The highest BCUT2D eigenvalue weighted by molar-refractivity contribution is 7.71. The zero-order valence-electron chi connectivity index (χ0n) is 8.41. The maximum Gasteiger partial charge on any atom is 0.182 e. The van der Waals surface area contributed by atoms with Crippen molar-refractivity contribution in [2.24, 2.45) is 0 Å². The number of aromatic amines is 1. The van der Waals surface area contributed by atoms with Gasteiger partial charge in [-0.25, -0.2) is 4.39 Å². The van der Waals surface area contributed by atoms with Crippen molar-refractivity contribution in [2.75, 3.05) is 0 Å². The van der Waals surface area contributed by atoms with E-state index in [2.05, 4.69) is 4.98 Å². The summed E-state index contributed by atoms with van der Waals surface area (Å²) in [5, 5.41) is 4.02. The van der Waals surface area contributed by atoms with E-state index in [1.165, 1.54) is 6.07 Å². The standard InChI is InChI=1S/C11H6ClFN2S2/c12-7-3-10-9(4-8(7)13)14-11(16)15(10)6-1-2-17-5-6/h1-5H,(H,14,16). The van der Waals surface area contributed by atoms with E-state index in [4.69, 9.17) is 23.8 Å². The molecule has 0 amide bonds. The minimum Gasteiger partial charge on any atom is -0.330 e. The molecule has 0 bridgehead atoms. The van der Waals surface area contributed by atoms with Crippen molar-refractivity contribution in [3.8, 4) is 5.69 Å². The lowest BCUT2D eigenvalue weighted by Crippen LogP contribution is -1.91. The Hall–Kier alpha value is -1.17. The summed E-state index contributed by atoms with van der Waals surface area (Å²) in [6.07, 6.45) is 0. The van der Waals surface area contributed by atoms with E-state index in [0.717, 1.165) is 11.2 Å². The lowest BCUT2D eigenvalue weighted by atomic mass is 10.3. The van der Waals surface area contributed by atoms with E-state index in [-0.39, 0.29) is 5.02 Å². The lowest BCUT2D eigenvalue weighted by Gasteiger charge is -2.01. The van der Waals surface area contributed by atoms with Crippen LogP contribution in [0.4, 0.5) is 4.39 Å². The van der Waals surface area contributed by atoms with Crippen molar-refractivity contribution in [3.63, 3.8) is 0 Å². The topological polar surface area (TPSA) is 20.7 Å². The van der Waals surface area contributed by atoms with Gasteiger partial charge in [-0.2, -0.15) is 11.3 Å². The zero-order valence-corrected chi connectivity index (χ0v) is 10.8. The number of aromatic nitrogens is 2. The molecule has 0 unspecified atom stereocenters. The van der Waals surface area contributed by atoms with Gasteiger partial charge in [-0.15, -0.1) is 0 Å². The number of hydrogen-bond donors (Lipinski definition) is 1. The van der Waals surface area contributed by atoms with E-state index >= 15 is 0 Å². The first-order valence-electron chi connectivity index (χ1n) is 4.79. The van der Waals surface area contributed by atoms with Crippen LogP contribution < -0.4 is 0 Å². The van der Waals surface area contributed by atoms with Crippen LogP contribution in [0.25, 0.3) is 16.7 Å². The smallest absolute Gasteiger partial charge is 0.182 e. The fourth-order valence-electron chi connectivity index (χ4n) is 1.74. The number of rotatable bonds is 1. The molecule has 0 aliphatic carbocycles. The highest BCUT2D eigenvalue weighted by atomic mass is 35.5. The van der Waals surface area contributed by atoms with Crippen LogP contribution in [0.3, 0.4) is 0 Å². The molecule has 17 heavy (non-hydrogen) atoms. The molecule has 1 N–H and O–H groups in total. The molecule has 0 radical (unpaired) electrons. The first kappa shape index (κ1) is 11.0. The Labute approximate surface area is 110 Å².